The third kappa shape index (κ3) is 6.50. The summed E-state index contributed by atoms with van der Waals surface area (Å²) < 4.78 is 6.08. The number of rotatable bonds is 8. The first-order valence-electron chi connectivity index (χ1n) is 8.90. The molecular weight excluding hydrogens is 312 g/mol. The number of aromatic hydroxyl groups is 1. The first-order chi connectivity index (χ1) is 11.3. The maximum Gasteiger partial charge on any atom is 0.184 e. The molecule has 0 aliphatic carbocycles. The third-order valence-corrected chi connectivity index (χ3v) is 5.14. The van der Waals surface area contributed by atoms with Crippen molar-refractivity contribution in [1.29, 1.82) is 0 Å². The van der Waals surface area contributed by atoms with E-state index in [0.717, 1.165) is 18.4 Å². The monoisotopic (exact) mass is 342 g/mol. The van der Waals surface area contributed by atoms with Gasteiger partial charge in [0.2, 0.25) is 0 Å². The number of unbranched alkanes of at least 4 members (excludes halogenated alkanes) is 1. The Balaban J connectivity index is 1.77. The van der Waals surface area contributed by atoms with Gasteiger partial charge in [-0.1, -0.05) is 42.8 Å². The minimum atomic E-state index is -1.40. The molecule has 0 aliphatic rings. The maximum absolute atomic E-state index is 9.36. The Morgan fingerprint density at radius 1 is 0.875 bits per heavy atom. The van der Waals surface area contributed by atoms with E-state index in [1.165, 1.54) is 24.0 Å². The average molecular weight is 343 g/mol. The predicted octanol–water partition coefficient (Wildman–Crippen LogP) is 6.01. The van der Waals surface area contributed by atoms with E-state index >= 15 is 0 Å². The summed E-state index contributed by atoms with van der Waals surface area (Å²) in [5.41, 5.74) is 3.71. The molecule has 2 rings (SSSR count). The lowest BCUT2D eigenvalue weighted by Crippen LogP contribution is -2.30. The second kappa shape index (κ2) is 8.50. The van der Waals surface area contributed by atoms with Gasteiger partial charge in [0.05, 0.1) is 0 Å². The average Bonchev–Trinajstić information content (AvgIpc) is 2.51. The van der Waals surface area contributed by atoms with Crippen molar-refractivity contribution in [2.24, 2.45) is 0 Å². The fourth-order valence-electron chi connectivity index (χ4n) is 2.94. The smallest absolute Gasteiger partial charge is 0.184 e. The van der Waals surface area contributed by atoms with Crippen LogP contribution in [-0.2, 0) is 10.8 Å². The third-order valence-electron chi connectivity index (χ3n) is 4.04. The summed E-state index contributed by atoms with van der Waals surface area (Å²) in [6.45, 7) is 8.95. The van der Waals surface area contributed by atoms with Gasteiger partial charge in [0, 0.05) is 6.10 Å². The molecule has 0 spiro atoms. The van der Waals surface area contributed by atoms with Crippen molar-refractivity contribution in [3.05, 3.63) is 54.1 Å². The molecule has 0 radical (unpaired) electrons. The van der Waals surface area contributed by atoms with Crippen LogP contribution in [0.2, 0.25) is 19.6 Å². The molecule has 1 atom stereocenters. The lowest BCUT2D eigenvalue weighted by molar-refractivity contribution is 0.199. The Kier molecular flexibility index (Phi) is 6.64. The van der Waals surface area contributed by atoms with Gasteiger partial charge in [-0.25, -0.2) is 0 Å². The van der Waals surface area contributed by atoms with Crippen molar-refractivity contribution >= 4 is 8.32 Å². The van der Waals surface area contributed by atoms with E-state index < -0.39 is 8.32 Å². The zero-order valence-corrected chi connectivity index (χ0v) is 16.4. The van der Waals surface area contributed by atoms with Crippen molar-refractivity contribution in [2.45, 2.75) is 58.4 Å². The summed E-state index contributed by atoms with van der Waals surface area (Å²) in [7, 11) is -1.40. The molecule has 2 nitrogen and oxygen atoms in total. The van der Waals surface area contributed by atoms with E-state index in [2.05, 4.69) is 50.8 Å². The normalized spacial score (nSPS) is 13.0. The van der Waals surface area contributed by atoms with Crippen molar-refractivity contribution < 1.29 is 9.53 Å². The topological polar surface area (TPSA) is 29.5 Å². The van der Waals surface area contributed by atoms with Crippen LogP contribution >= 0.6 is 0 Å². The minimum Gasteiger partial charge on any atom is -0.508 e. The number of phenolic OH excluding ortho intramolecular Hbond substituents is 1. The summed E-state index contributed by atoms with van der Waals surface area (Å²) in [5.74, 6) is 0.308. The second-order valence-electron chi connectivity index (χ2n) is 7.53. The lowest BCUT2D eigenvalue weighted by atomic mass is 10.0. The Bertz CT molecular complexity index is 612. The molecule has 0 fully saturated rings. The molecule has 0 saturated heterocycles. The molecule has 0 saturated carbocycles. The van der Waals surface area contributed by atoms with Gasteiger partial charge in [-0.15, -0.1) is 0 Å². The summed E-state index contributed by atoms with van der Waals surface area (Å²) in [6.07, 6.45) is 5.07. The van der Waals surface area contributed by atoms with E-state index in [4.69, 9.17) is 4.43 Å². The molecular formula is C21H30O2Si. The molecule has 2 aromatic carbocycles. The van der Waals surface area contributed by atoms with E-state index in [-0.39, 0.29) is 0 Å². The van der Waals surface area contributed by atoms with E-state index in [1.54, 1.807) is 12.1 Å². The van der Waals surface area contributed by atoms with Crippen LogP contribution < -0.4 is 0 Å². The Hall–Kier alpha value is -1.58. The van der Waals surface area contributed by atoms with E-state index in [0.29, 0.717) is 11.9 Å². The SMILES string of the molecule is CC(CCCCc1ccc(-c2ccc(O)cc2)cc1)O[Si](C)(C)C. The summed E-state index contributed by atoms with van der Waals surface area (Å²) in [6, 6.07) is 16.1. The van der Waals surface area contributed by atoms with E-state index in [9.17, 15) is 5.11 Å². The maximum atomic E-state index is 9.36. The number of aryl methyl sites for hydroxylation is 1. The largest absolute Gasteiger partial charge is 0.508 e. The Morgan fingerprint density at radius 3 is 1.96 bits per heavy atom. The molecule has 1 N–H and O–H groups in total. The van der Waals surface area contributed by atoms with Gasteiger partial charge >= 0.3 is 0 Å². The fraction of sp³-hybridized carbons (Fsp3) is 0.429. The highest BCUT2D eigenvalue weighted by molar-refractivity contribution is 6.69. The van der Waals surface area contributed by atoms with Crippen LogP contribution in [0.1, 0.15) is 31.7 Å². The number of benzene rings is 2. The molecule has 0 bridgehead atoms. The Morgan fingerprint density at radius 2 is 1.42 bits per heavy atom. The number of hydrogen-bond acceptors (Lipinski definition) is 2. The highest BCUT2D eigenvalue weighted by atomic mass is 28.4. The minimum absolute atomic E-state index is 0.308. The van der Waals surface area contributed by atoms with Gasteiger partial charge in [0.1, 0.15) is 5.75 Å². The first kappa shape index (κ1) is 18.8. The molecule has 1 unspecified atom stereocenters. The molecule has 24 heavy (non-hydrogen) atoms. The van der Waals surface area contributed by atoms with Crippen molar-refractivity contribution in [1.82, 2.24) is 0 Å². The molecule has 0 aromatic heterocycles. The van der Waals surface area contributed by atoms with Gasteiger partial charge in [-0.05, 0) is 74.7 Å². The highest BCUT2D eigenvalue weighted by Gasteiger charge is 2.17. The number of phenols is 1. The Labute approximate surface area is 147 Å². The van der Waals surface area contributed by atoms with Crippen molar-refractivity contribution in [2.75, 3.05) is 0 Å². The van der Waals surface area contributed by atoms with Crippen LogP contribution in [0.3, 0.4) is 0 Å². The zero-order chi connectivity index (χ0) is 17.6. The standard InChI is InChI=1S/C21H30O2Si/c1-17(23-24(2,3)4)7-5-6-8-18-9-11-19(12-10-18)20-13-15-21(22)16-14-20/h9-17,22H,5-8H2,1-4H3. The van der Waals surface area contributed by atoms with Crippen LogP contribution in [-0.4, -0.2) is 19.5 Å². The van der Waals surface area contributed by atoms with Crippen LogP contribution in [0.4, 0.5) is 0 Å². The molecule has 2 aromatic rings. The van der Waals surface area contributed by atoms with Gasteiger partial charge < -0.3 is 9.53 Å². The number of hydrogen-bond donors (Lipinski definition) is 1. The van der Waals surface area contributed by atoms with Crippen molar-refractivity contribution in [3.8, 4) is 16.9 Å². The van der Waals surface area contributed by atoms with E-state index in [1.807, 2.05) is 12.1 Å². The van der Waals surface area contributed by atoms with Gasteiger partial charge in [-0.3, -0.25) is 0 Å². The van der Waals surface area contributed by atoms with Crippen molar-refractivity contribution in [3.63, 3.8) is 0 Å². The molecule has 0 aliphatic heterocycles. The first-order valence-corrected chi connectivity index (χ1v) is 12.3. The zero-order valence-electron chi connectivity index (χ0n) is 15.4. The molecule has 0 heterocycles. The van der Waals surface area contributed by atoms with Crippen LogP contribution in [0.15, 0.2) is 48.5 Å². The van der Waals surface area contributed by atoms with Gasteiger partial charge in [-0.2, -0.15) is 0 Å². The second-order valence-corrected chi connectivity index (χ2v) is 12.0. The van der Waals surface area contributed by atoms with Crippen LogP contribution in [0.5, 0.6) is 5.75 Å². The lowest BCUT2D eigenvalue weighted by Gasteiger charge is -2.23. The van der Waals surface area contributed by atoms with Crippen LogP contribution in [0, 0.1) is 0 Å². The predicted molar refractivity (Wildman–Crippen MR) is 105 cm³/mol. The van der Waals surface area contributed by atoms with Crippen LogP contribution in [0.25, 0.3) is 11.1 Å². The summed E-state index contributed by atoms with van der Waals surface area (Å²) in [5, 5.41) is 9.36. The summed E-state index contributed by atoms with van der Waals surface area (Å²) in [4.78, 5) is 0. The molecule has 130 valence electrons. The highest BCUT2D eigenvalue weighted by Crippen LogP contribution is 2.23. The fourth-order valence-corrected chi connectivity index (χ4v) is 4.27. The molecule has 3 heteroatoms. The quantitative estimate of drug-likeness (QED) is 0.470. The summed E-state index contributed by atoms with van der Waals surface area (Å²) >= 11 is 0. The molecule has 0 amide bonds. The van der Waals surface area contributed by atoms with Gasteiger partial charge in [0.15, 0.2) is 8.32 Å². The van der Waals surface area contributed by atoms with Gasteiger partial charge in [0.25, 0.3) is 0 Å².